The van der Waals surface area contributed by atoms with E-state index in [4.69, 9.17) is 4.74 Å². The first-order chi connectivity index (χ1) is 8.77. The number of amides is 1. The highest BCUT2D eigenvalue weighted by molar-refractivity contribution is 5.94. The summed E-state index contributed by atoms with van der Waals surface area (Å²) in [6.45, 7) is 8.98. The SMILES string of the molecule is C/C=C/CNC(=O)c1cccc(OCC)c1.CC. The van der Waals surface area contributed by atoms with Crippen LogP contribution >= 0.6 is 0 Å². The molecule has 1 aromatic carbocycles. The third-order valence-corrected chi connectivity index (χ3v) is 2.02. The molecule has 100 valence electrons. The lowest BCUT2D eigenvalue weighted by molar-refractivity contribution is 0.0957. The fraction of sp³-hybridized carbons (Fsp3) is 0.400. The quantitative estimate of drug-likeness (QED) is 0.812. The van der Waals surface area contributed by atoms with Crippen LogP contribution in [0.5, 0.6) is 5.75 Å². The molecule has 0 aliphatic rings. The smallest absolute Gasteiger partial charge is 0.251 e. The molecule has 1 N–H and O–H groups in total. The minimum absolute atomic E-state index is 0.0837. The summed E-state index contributed by atoms with van der Waals surface area (Å²) in [7, 11) is 0. The fourth-order valence-corrected chi connectivity index (χ4v) is 1.27. The summed E-state index contributed by atoms with van der Waals surface area (Å²) in [5, 5.41) is 2.79. The van der Waals surface area contributed by atoms with Crippen molar-refractivity contribution < 1.29 is 9.53 Å². The fourth-order valence-electron chi connectivity index (χ4n) is 1.27. The average molecular weight is 249 g/mol. The van der Waals surface area contributed by atoms with Gasteiger partial charge in [-0.1, -0.05) is 32.1 Å². The Hall–Kier alpha value is -1.77. The molecule has 1 rings (SSSR count). The predicted molar refractivity (Wildman–Crippen MR) is 76.1 cm³/mol. The summed E-state index contributed by atoms with van der Waals surface area (Å²) in [5.74, 6) is 0.640. The number of allylic oxidation sites excluding steroid dienone is 1. The zero-order valence-corrected chi connectivity index (χ0v) is 11.7. The van der Waals surface area contributed by atoms with Crippen LogP contribution in [0.2, 0.25) is 0 Å². The van der Waals surface area contributed by atoms with E-state index in [2.05, 4.69) is 5.32 Å². The van der Waals surface area contributed by atoms with Gasteiger partial charge in [-0.25, -0.2) is 0 Å². The van der Waals surface area contributed by atoms with Gasteiger partial charge in [0.2, 0.25) is 0 Å². The maximum Gasteiger partial charge on any atom is 0.251 e. The van der Waals surface area contributed by atoms with Gasteiger partial charge in [0.25, 0.3) is 5.91 Å². The van der Waals surface area contributed by atoms with Gasteiger partial charge < -0.3 is 10.1 Å². The lowest BCUT2D eigenvalue weighted by Crippen LogP contribution is -2.23. The maximum absolute atomic E-state index is 11.7. The summed E-state index contributed by atoms with van der Waals surface area (Å²) < 4.78 is 5.33. The number of carbonyl (C=O) groups is 1. The highest BCUT2D eigenvalue weighted by Gasteiger charge is 2.04. The van der Waals surface area contributed by atoms with Gasteiger partial charge in [-0.05, 0) is 32.0 Å². The van der Waals surface area contributed by atoms with E-state index in [0.717, 1.165) is 5.75 Å². The standard InChI is InChI=1S/C13H17NO2.C2H6/c1-3-5-9-14-13(15)11-7-6-8-12(10-11)16-4-2;1-2/h3,5-8,10H,4,9H2,1-2H3,(H,14,15);1-2H3/b5-3+;. The van der Waals surface area contributed by atoms with Gasteiger partial charge in [0.1, 0.15) is 5.75 Å². The first kappa shape index (κ1) is 16.2. The second kappa shape index (κ2) is 10.4. The lowest BCUT2D eigenvalue weighted by Gasteiger charge is -2.06. The summed E-state index contributed by atoms with van der Waals surface area (Å²) >= 11 is 0. The average Bonchev–Trinajstić information content (AvgIpc) is 2.42. The molecule has 3 heteroatoms. The molecule has 0 aliphatic carbocycles. The zero-order valence-electron chi connectivity index (χ0n) is 11.7. The number of nitrogens with one attached hydrogen (secondary N) is 1. The highest BCUT2D eigenvalue weighted by Crippen LogP contribution is 2.12. The van der Waals surface area contributed by atoms with Crippen molar-refractivity contribution in [2.75, 3.05) is 13.2 Å². The van der Waals surface area contributed by atoms with Gasteiger partial charge in [-0.3, -0.25) is 4.79 Å². The molecule has 0 aliphatic heterocycles. The monoisotopic (exact) mass is 249 g/mol. The van der Waals surface area contributed by atoms with Crippen LogP contribution in [0.25, 0.3) is 0 Å². The van der Waals surface area contributed by atoms with Gasteiger partial charge in [-0.15, -0.1) is 0 Å². The minimum atomic E-state index is -0.0837. The van der Waals surface area contributed by atoms with Crippen LogP contribution in [-0.4, -0.2) is 19.1 Å². The number of carbonyl (C=O) groups excluding carboxylic acids is 1. The van der Waals surface area contributed by atoms with Crippen LogP contribution in [0.3, 0.4) is 0 Å². The van der Waals surface area contributed by atoms with Crippen molar-refractivity contribution in [3.63, 3.8) is 0 Å². The number of rotatable bonds is 5. The summed E-state index contributed by atoms with van der Waals surface area (Å²) in [6.07, 6.45) is 3.79. The van der Waals surface area contributed by atoms with E-state index in [0.29, 0.717) is 18.7 Å². The maximum atomic E-state index is 11.7. The molecular formula is C15H23NO2. The van der Waals surface area contributed by atoms with Crippen molar-refractivity contribution in [2.45, 2.75) is 27.7 Å². The molecule has 3 nitrogen and oxygen atoms in total. The van der Waals surface area contributed by atoms with Crippen LogP contribution in [0.1, 0.15) is 38.1 Å². The summed E-state index contributed by atoms with van der Waals surface area (Å²) in [5.41, 5.74) is 0.621. The molecule has 0 saturated carbocycles. The zero-order chi connectivity index (χ0) is 13.8. The van der Waals surface area contributed by atoms with Gasteiger partial charge >= 0.3 is 0 Å². The molecule has 0 saturated heterocycles. The minimum Gasteiger partial charge on any atom is -0.494 e. The van der Waals surface area contributed by atoms with E-state index >= 15 is 0 Å². The Bertz CT molecular complexity index is 373. The Morgan fingerprint density at radius 3 is 2.72 bits per heavy atom. The largest absolute Gasteiger partial charge is 0.494 e. The number of ether oxygens (including phenoxy) is 1. The van der Waals surface area contributed by atoms with Crippen LogP contribution in [0.4, 0.5) is 0 Å². The molecule has 0 aromatic heterocycles. The molecule has 0 radical (unpaired) electrons. The Labute approximate surface area is 110 Å². The Morgan fingerprint density at radius 2 is 2.11 bits per heavy atom. The van der Waals surface area contributed by atoms with Crippen LogP contribution in [-0.2, 0) is 0 Å². The summed E-state index contributed by atoms with van der Waals surface area (Å²) in [4.78, 5) is 11.7. The Morgan fingerprint density at radius 1 is 1.39 bits per heavy atom. The Kier molecular flexibility index (Phi) is 9.37. The molecule has 1 amide bonds. The van der Waals surface area contributed by atoms with Crippen LogP contribution in [0, 0.1) is 0 Å². The molecule has 0 heterocycles. The Balaban J connectivity index is 0.00000137. The molecule has 0 bridgehead atoms. The van der Waals surface area contributed by atoms with Crippen LogP contribution < -0.4 is 10.1 Å². The van der Waals surface area contributed by atoms with Crippen molar-refractivity contribution in [3.05, 3.63) is 42.0 Å². The molecule has 18 heavy (non-hydrogen) atoms. The van der Waals surface area contributed by atoms with E-state index in [9.17, 15) is 4.79 Å². The summed E-state index contributed by atoms with van der Waals surface area (Å²) in [6, 6.07) is 7.17. The van der Waals surface area contributed by atoms with E-state index in [1.807, 2.05) is 52.0 Å². The second-order valence-electron chi connectivity index (χ2n) is 3.24. The second-order valence-corrected chi connectivity index (χ2v) is 3.24. The molecule has 0 spiro atoms. The van der Waals surface area contributed by atoms with Gasteiger partial charge in [-0.2, -0.15) is 0 Å². The molecule has 0 atom stereocenters. The third kappa shape index (κ3) is 6.09. The molecular weight excluding hydrogens is 226 g/mol. The topological polar surface area (TPSA) is 38.3 Å². The van der Waals surface area contributed by atoms with E-state index < -0.39 is 0 Å². The number of benzene rings is 1. The van der Waals surface area contributed by atoms with Crippen molar-refractivity contribution in [3.8, 4) is 5.75 Å². The van der Waals surface area contributed by atoms with E-state index in [1.165, 1.54) is 0 Å². The van der Waals surface area contributed by atoms with Crippen molar-refractivity contribution in [1.82, 2.24) is 5.32 Å². The predicted octanol–water partition coefficient (Wildman–Crippen LogP) is 3.42. The molecule has 1 aromatic rings. The van der Waals surface area contributed by atoms with Crippen molar-refractivity contribution in [2.24, 2.45) is 0 Å². The van der Waals surface area contributed by atoms with Crippen molar-refractivity contribution >= 4 is 5.91 Å². The van der Waals surface area contributed by atoms with E-state index in [1.54, 1.807) is 12.1 Å². The molecule has 0 unspecified atom stereocenters. The third-order valence-electron chi connectivity index (χ3n) is 2.02. The number of hydrogen-bond acceptors (Lipinski definition) is 2. The number of hydrogen-bond donors (Lipinski definition) is 1. The van der Waals surface area contributed by atoms with Gasteiger partial charge in [0.15, 0.2) is 0 Å². The van der Waals surface area contributed by atoms with Gasteiger partial charge in [0.05, 0.1) is 6.61 Å². The van der Waals surface area contributed by atoms with Crippen LogP contribution in [0.15, 0.2) is 36.4 Å². The lowest BCUT2D eigenvalue weighted by atomic mass is 10.2. The van der Waals surface area contributed by atoms with Crippen molar-refractivity contribution in [1.29, 1.82) is 0 Å². The van der Waals surface area contributed by atoms with Gasteiger partial charge in [0, 0.05) is 12.1 Å². The highest BCUT2D eigenvalue weighted by atomic mass is 16.5. The molecule has 0 fully saturated rings. The first-order valence-corrected chi connectivity index (χ1v) is 6.40. The van der Waals surface area contributed by atoms with E-state index in [-0.39, 0.29) is 5.91 Å². The first-order valence-electron chi connectivity index (χ1n) is 6.40. The normalized spacial score (nSPS) is 9.56.